The van der Waals surface area contributed by atoms with Crippen LogP contribution in [0, 0.1) is 0 Å². The van der Waals surface area contributed by atoms with Crippen molar-refractivity contribution >= 4 is 21.5 Å². The number of hydrogen-bond acceptors (Lipinski definition) is 2. The summed E-state index contributed by atoms with van der Waals surface area (Å²) in [4.78, 5) is 0. The van der Waals surface area contributed by atoms with Gasteiger partial charge in [0.2, 0.25) is 0 Å². The summed E-state index contributed by atoms with van der Waals surface area (Å²) in [5.74, 6) is 0.936. The van der Waals surface area contributed by atoms with Crippen LogP contribution in [0.25, 0.3) is 0 Å². The molecule has 0 aromatic carbocycles. The summed E-state index contributed by atoms with van der Waals surface area (Å²) in [6, 6.07) is 0. The first-order valence-corrected chi connectivity index (χ1v) is 3.76. The van der Waals surface area contributed by atoms with Crippen LogP contribution in [0.4, 0.5) is 0 Å². The van der Waals surface area contributed by atoms with Gasteiger partial charge in [-0.2, -0.15) is 0 Å². The molecule has 0 aromatic rings. The van der Waals surface area contributed by atoms with E-state index in [1.807, 2.05) is 6.92 Å². The van der Waals surface area contributed by atoms with E-state index in [1.165, 1.54) is 10.8 Å². The molecule has 5 heavy (non-hydrogen) atoms. The van der Waals surface area contributed by atoms with Crippen LogP contribution < -0.4 is 0 Å². The molecule has 0 amide bonds. The normalized spacial score (nSPS) is 8.20. The molecule has 0 saturated carbocycles. The molecule has 0 spiro atoms. The van der Waals surface area contributed by atoms with Gasteiger partial charge in [-0.15, -0.1) is 0 Å². The van der Waals surface area contributed by atoms with Gasteiger partial charge in [0, 0.05) is 5.75 Å². The van der Waals surface area contributed by atoms with Gasteiger partial charge in [0.05, 0.1) is 10.7 Å². The van der Waals surface area contributed by atoms with Crippen molar-refractivity contribution in [3.05, 3.63) is 0 Å². The lowest BCUT2D eigenvalue weighted by atomic mass is 11.0. The molecule has 0 aliphatic carbocycles. The zero-order valence-electron chi connectivity index (χ0n) is 2.97. The van der Waals surface area contributed by atoms with Crippen LogP contribution in [0.15, 0.2) is 0 Å². The molecule has 0 rings (SSSR count). The molecular formula is C2H6OS2. The molecule has 0 saturated heterocycles. The second-order valence-electron chi connectivity index (χ2n) is 0.492. The van der Waals surface area contributed by atoms with Crippen LogP contribution in [0.5, 0.6) is 0 Å². The molecule has 0 radical (unpaired) electrons. The van der Waals surface area contributed by atoms with Gasteiger partial charge in [-0.1, -0.05) is 17.7 Å². The Morgan fingerprint density at radius 1 is 2.00 bits per heavy atom. The Morgan fingerprint density at radius 2 is 2.60 bits per heavy atom. The highest BCUT2D eigenvalue weighted by molar-refractivity contribution is 8.61. The number of rotatable bonds is 2. The van der Waals surface area contributed by atoms with Gasteiger partial charge >= 0.3 is 0 Å². The molecule has 3 heteroatoms. The van der Waals surface area contributed by atoms with Crippen molar-refractivity contribution in [1.82, 2.24) is 0 Å². The van der Waals surface area contributed by atoms with E-state index in [2.05, 4.69) is 0 Å². The fourth-order valence-corrected chi connectivity index (χ4v) is 0.474. The number of thiol groups is 1. The topological polar surface area (TPSA) is 17.1 Å². The molecule has 1 nitrogen and oxygen atoms in total. The van der Waals surface area contributed by atoms with E-state index in [0.717, 1.165) is 5.75 Å². The largest absolute Gasteiger partial charge is 0.251 e. The monoisotopic (exact) mass is 110 g/mol. The first-order valence-electron chi connectivity index (χ1n) is 1.36. The quantitative estimate of drug-likeness (QED) is 0.414. The van der Waals surface area contributed by atoms with Gasteiger partial charge in [0.25, 0.3) is 0 Å². The van der Waals surface area contributed by atoms with E-state index in [0.29, 0.717) is 0 Å². The third-order valence-electron chi connectivity index (χ3n) is 0.182. The Labute approximate surface area is 39.0 Å². The highest BCUT2D eigenvalue weighted by Crippen LogP contribution is 1.90. The Hall–Kier alpha value is 0.500. The maximum absolute atomic E-state index is 9.47. The molecule has 0 bridgehead atoms. The van der Waals surface area contributed by atoms with Crippen molar-refractivity contribution in [2.75, 3.05) is 5.75 Å². The molecular weight excluding hydrogens is 104 g/mol. The summed E-state index contributed by atoms with van der Waals surface area (Å²) in [7, 11) is 1.58. The van der Waals surface area contributed by atoms with Gasteiger partial charge in [-0.3, -0.25) is 4.21 Å². The van der Waals surface area contributed by atoms with Crippen molar-refractivity contribution in [3.8, 4) is 0 Å². The van der Waals surface area contributed by atoms with Gasteiger partial charge in [0.1, 0.15) is 0 Å². The smallest absolute Gasteiger partial charge is 0.0671 e. The van der Waals surface area contributed by atoms with E-state index in [-0.39, 0.29) is 10.7 Å². The maximum Gasteiger partial charge on any atom is 0.0671 e. The fourth-order valence-electron chi connectivity index (χ4n) is 0.0527. The van der Waals surface area contributed by atoms with Gasteiger partial charge in [0.15, 0.2) is 0 Å². The summed E-state index contributed by atoms with van der Waals surface area (Å²) < 4.78 is 9.47. The zero-order chi connectivity index (χ0) is 4.12. The second-order valence-corrected chi connectivity index (χ2v) is 2.70. The van der Waals surface area contributed by atoms with E-state index in [4.69, 9.17) is 0 Å². The summed E-state index contributed by atoms with van der Waals surface area (Å²) in [5.41, 5.74) is 0. The number of hydrogen-bond donors (Lipinski definition) is 1. The van der Waals surface area contributed by atoms with Crippen molar-refractivity contribution in [1.29, 1.82) is 0 Å². The lowest BCUT2D eigenvalue weighted by Crippen LogP contribution is -1.55. The van der Waals surface area contributed by atoms with Crippen LogP contribution in [-0.2, 0) is 10.7 Å². The fraction of sp³-hybridized carbons (Fsp3) is 1.00. The summed E-state index contributed by atoms with van der Waals surface area (Å²) in [6.45, 7) is 1.97. The average molecular weight is 110 g/mol. The summed E-state index contributed by atoms with van der Waals surface area (Å²) >= 11 is 0. The SMILES string of the molecule is CCS[SH]=O. The molecule has 32 valence electrons. The van der Waals surface area contributed by atoms with E-state index in [9.17, 15) is 4.21 Å². The van der Waals surface area contributed by atoms with Gasteiger partial charge < -0.3 is 0 Å². The average Bonchev–Trinajstić information content (AvgIpc) is 1.41. The van der Waals surface area contributed by atoms with Gasteiger partial charge in [-0.05, 0) is 0 Å². The van der Waals surface area contributed by atoms with Crippen molar-refractivity contribution in [2.24, 2.45) is 0 Å². The van der Waals surface area contributed by atoms with Crippen molar-refractivity contribution < 1.29 is 4.21 Å². The Kier molecular flexibility index (Phi) is 4.95. The van der Waals surface area contributed by atoms with Crippen LogP contribution in [0.1, 0.15) is 6.92 Å². The Morgan fingerprint density at radius 3 is 2.60 bits per heavy atom. The maximum atomic E-state index is 9.47. The van der Waals surface area contributed by atoms with Crippen molar-refractivity contribution in [2.45, 2.75) is 6.92 Å². The molecule has 0 atom stereocenters. The molecule has 0 aliphatic heterocycles. The Balaban J connectivity index is 2.40. The minimum Gasteiger partial charge on any atom is -0.251 e. The predicted molar refractivity (Wildman–Crippen MR) is 27.7 cm³/mol. The second kappa shape index (κ2) is 4.50. The zero-order valence-corrected chi connectivity index (χ0v) is 4.68. The molecule has 0 unspecified atom stereocenters. The molecule has 0 heterocycles. The Bertz CT molecular complexity index is 28.8. The highest BCUT2D eigenvalue weighted by atomic mass is 33.1. The van der Waals surface area contributed by atoms with Crippen LogP contribution in [0.2, 0.25) is 0 Å². The standard InChI is InChI=1S/C2H6OS2/c1-2-4-5-3/h5H,2H2,1H3. The summed E-state index contributed by atoms with van der Waals surface area (Å²) in [6.07, 6.45) is 0. The first kappa shape index (κ1) is 5.50. The van der Waals surface area contributed by atoms with Gasteiger partial charge in [-0.25, -0.2) is 0 Å². The minimum atomic E-state index is 0.196. The lowest BCUT2D eigenvalue weighted by molar-refractivity contribution is 0.701. The highest BCUT2D eigenvalue weighted by Gasteiger charge is 1.65. The van der Waals surface area contributed by atoms with E-state index < -0.39 is 0 Å². The molecule has 0 aliphatic rings. The minimum absolute atomic E-state index is 0.196. The molecule has 0 N–H and O–H groups in total. The lowest BCUT2D eigenvalue weighted by Gasteiger charge is -1.69. The van der Waals surface area contributed by atoms with Crippen LogP contribution >= 0.6 is 10.8 Å². The van der Waals surface area contributed by atoms with Crippen molar-refractivity contribution in [3.63, 3.8) is 0 Å². The van der Waals surface area contributed by atoms with Crippen LogP contribution in [-0.4, -0.2) is 9.96 Å². The first-order chi connectivity index (χ1) is 2.41. The summed E-state index contributed by atoms with van der Waals surface area (Å²) in [5, 5.41) is 0. The molecule has 0 aromatic heterocycles. The predicted octanol–water partition coefficient (Wildman–Crippen LogP) is 0.600. The third kappa shape index (κ3) is 4.50. The van der Waals surface area contributed by atoms with E-state index in [1.54, 1.807) is 0 Å². The molecule has 0 fully saturated rings. The van der Waals surface area contributed by atoms with E-state index >= 15 is 0 Å². The van der Waals surface area contributed by atoms with Crippen LogP contribution in [0.3, 0.4) is 0 Å². The third-order valence-corrected chi connectivity index (χ3v) is 1.64.